The quantitative estimate of drug-likeness (QED) is 0.911. The average Bonchev–Trinajstić information content (AvgIpc) is 2.83. The van der Waals surface area contributed by atoms with Crippen molar-refractivity contribution in [3.8, 4) is 0 Å². The molecule has 2 aromatic rings. The third kappa shape index (κ3) is 2.23. The second kappa shape index (κ2) is 4.84. The lowest BCUT2D eigenvalue weighted by Gasteiger charge is -2.14. The molecule has 0 aliphatic heterocycles. The highest BCUT2D eigenvalue weighted by molar-refractivity contribution is 5.88. The molecular weight excluding hydrogens is 242 g/mol. The molecule has 0 bridgehead atoms. The SMILES string of the molecule is O=C(O)c1cccnc1Cn1cnc2c1CCCC2. The van der Waals surface area contributed by atoms with Crippen molar-refractivity contribution in [3.63, 3.8) is 0 Å². The zero-order valence-electron chi connectivity index (χ0n) is 10.5. The van der Waals surface area contributed by atoms with Crippen LogP contribution in [-0.2, 0) is 19.4 Å². The molecule has 5 nitrogen and oxygen atoms in total. The van der Waals surface area contributed by atoms with Gasteiger partial charge in [0.05, 0.1) is 29.8 Å². The molecule has 2 heterocycles. The Morgan fingerprint density at radius 1 is 1.32 bits per heavy atom. The first-order valence-corrected chi connectivity index (χ1v) is 6.46. The minimum atomic E-state index is -0.933. The fourth-order valence-corrected chi connectivity index (χ4v) is 2.59. The second-order valence-electron chi connectivity index (χ2n) is 4.78. The van der Waals surface area contributed by atoms with E-state index < -0.39 is 5.97 Å². The maximum absolute atomic E-state index is 11.2. The Morgan fingerprint density at radius 3 is 3.00 bits per heavy atom. The molecule has 0 spiro atoms. The molecule has 1 aliphatic rings. The van der Waals surface area contributed by atoms with Crippen LogP contribution in [0.3, 0.4) is 0 Å². The largest absolute Gasteiger partial charge is 0.478 e. The van der Waals surface area contributed by atoms with E-state index in [1.165, 1.54) is 18.5 Å². The zero-order valence-corrected chi connectivity index (χ0v) is 10.5. The van der Waals surface area contributed by atoms with Gasteiger partial charge in [-0.3, -0.25) is 4.98 Å². The Balaban J connectivity index is 1.94. The van der Waals surface area contributed by atoms with Gasteiger partial charge in [0.25, 0.3) is 0 Å². The van der Waals surface area contributed by atoms with Crippen molar-refractivity contribution in [2.24, 2.45) is 0 Å². The molecule has 19 heavy (non-hydrogen) atoms. The molecule has 0 amide bonds. The Bertz CT molecular complexity index is 619. The van der Waals surface area contributed by atoms with Gasteiger partial charge >= 0.3 is 5.97 Å². The minimum absolute atomic E-state index is 0.265. The van der Waals surface area contributed by atoms with Crippen molar-refractivity contribution >= 4 is 5.97 Å². The number of carboxylic acid groups (broad SMARTS) is 1. The van der Waals surface area contributed by atoms with Crippen molar-refractivity contribution in [2.45, 2.75) is 32.2 Å². The number of rotatable bonds is 3. The van der Waals surface area contributed by atoms with E-state index in [0.717, 1.165) is 18.5 Å². The molecule has 0 atom stereocenters. The number of hydrogen-bond donors (Lipinski definition) is 1. The second-order valence-corrected chi connectivity index (χ2v) is 4.78. The summed E-state index contributed by atoms with van der Waals surface area (Å²) in [4.78, 5) is 19.8. The molecule has 0 fully saturated rings. The van der Waals surface area contributed by atoms with Crippen molar-refractivity contribution in [3.05, 3.63) is 47.3 Å². The Kier molecular flexibility index (Phi) is 3.03. The number of imidazole rings is 1. The van der Waals surface area contributed by atoms with Gasteiger partial charge in [-0.05, 0) is 37.8 Å². The van der Waals surface area contributed by atoms with Crippen molar-refractivity contribution in [2.75, 3.05) is 0 Å². The van der Waals surface area contributed by atoms with E-state index in [-0.39, 0.29) is 5.56 Å². The highest BCUT2D eigenvalue weighted by Gasteiger charge is 2.17. The molecule has 0 unspecified atom stereocenters. The summed E-state index contributed by atoms with van der Waals surface area (Å²) in [6.07, 6.45) is 7.84. The Hall–Kier alpha value is -2.17. The molecule has 0 aromatic carbocycles. The average molecular weight is 257 g/mol. The van der Waals surface area contributed by atoms with Crippen LogP contribution in [0, 0.1) is 0 Å². The van der Waals surface area contributed by atoms with Crippen LogP contribution in [0.1, 0.15) is 40.3 Å². The van der Waals surface area contributed by atoms with Gasteiger partial charge in [-0.15, -0.1) is 0 Å². The van der Waals surface area contributed by atoms with Crippen LogP contribution in [0.5, 0.6) is 0 Å². The van der Waals surface area contributed by atoms with Crippen molar-refractivity contribution < 1.29 is 9.90 Å². The van der Waals surface area contributed by atoms with Gasteiger partial charge in [-0.25, -0.2) is 9.78 Å². The number of carboxylic acids is 1. The number of hydrogen-bond acceptors (Lipinski definition) is 3. The summed E-state index contributed by atoms with van der Waals surface area (Å²) >= 11 is 0. The molecule has 0 radical (unpaired) electrons. The Labute approximate surface area is 110 Å². The number of carbonyl (C=O) groups is 1. The van der Waals surface area contributed by atoms with Gasteiger partial charge in [0.2, 0.25) is 0 Å². The Morgan fingerprint density at radius 2 is 2.16 bits per heavy atom. The smallest absolute Gasteiger partial charge is 0.337 e. The van der Waals surface area contributed by atoms with Crippen LogP contribution in [0.15, 0.2) is 24.7 Å². The molecule has 3 rings (SSSR count). The normalized spacial score (nSPS) is 14.1. The summed E-state index contributed by atoms with van der Waals surface area (Å²) in [6.45, 7) is 0.477. The summed E-state index contributed by atoms with van der Waals surface area (Å²) < 4.78 is 2.03. The van der Waals surface area contributed by atoms with Crippen LogP contribution in [0.4, 0.5) is 0 Å². The number of aromatic carboxylic acids is 1. The van der Waals surface area contributed by atoms with Crippen molar-refractivity contribution in [1.82, 2.24) is 14.5 Å². The summed E-state index contributed by atoms with van der Waals surface area (Å²) in [6, 6.07) is 3.24. The predicted molar refractivity (Wildman–Crippen MR) is 69.2 cm³/mol. The summed E-state index contributed by atoms with van der Waals surface area (Å²) in [5, 5.41) is 9.17. The van der Waals surface area contributed by atoms with Crippen LogP contribution in [-0.4, -0.2) is 25.6 Å². The maximum Gasteiger partial charge on any atom is 0.337 e. The molecule has 5 heteroatoms. The van der Waals surface area contributed by atoms with Gasteiger partial charge in [-0.2, -0.15) is 0 Å². The van der Waals surface area contributed by atoms with E-state index in [1.807, 2.05) is 4.57 Å². The molecule has 1 aliphatic carbocycles. The number of aromatic nitrogens is 3. The first-order chi connectivity index (χ1) is 9.25. The van der Waals surface area contributed by atoms with E-state index in [1.54, 1.807) is 24.7 Å². The first-order valence-electron chi connectivity index (χ1n) is 6.46. The molecule has 0 saturated carbocycles. The van der Waals surface area contributed by atoms with E-state index in [2.05, 4.69) is 9.97 Å². The standard InChI is InChI=1S/C14H15N3O2/c18-14(19)10-4-3-7-15-12(10)8-17-9-16-11-5-1-2-6-13(11)17/h3-4,7,9H,1-2,5-6,8H2,(H,18,19). The lowest BCUT2D eigenvalue weighted by molar-refractivity contribution is 0.0695. The molecule has 98 valence electrons. The van der Waals surface area contributed by atoms with Crippen LogP contribution >= 0.6 is 0 Å². The van der Waals surface area contributed by atoms with Gasteiger partial charge < -0.3 is 9.67 Å². The van der Waals surface area contributed by atoms with E-state index >= 15 is 0 Å². The predicted octanol–water partition coefficient (Wildman–Crippen LogP) is 1.90. The maximum atomic E-state index is 11.2. The van der Waals surface area contributed by atoms with Crippen LogP contribution in [0.25, 0.3) is 0 Å². The van der Waals surface area contributed by atoms with Gasteiger partial charge in [0.15, 0.2) is 0 Å². The van der Waals surface area contributed by atoms with E-state index in [4.69, 9.17) is 5.11 Å². The summed E-state index contributed by atoms with van der Waals surface area (Å²) in [7, 11) is 0. The highest BCUT2D eigenvalue weighted by atomic mass is 16.4. The van der Waals surface area contributed by atoms with Gasteiger partial charge in [-0.1, -0.05) is 0 Å². The highest BCUT2D eigenvalue weighted by Crippen LogP contribution is 2.21. The van der Waals surface area contributed by atoms with Gasteiger partial charge in [0.1, 0.15) is 0 Å². The molecular formula is C14H15N3O2. The topological polar surface area (TPSA) is 68.0 Å². The number of fused-ring (bicyclic) bond motifs is 1. The lowest BCUT2D eigenvalue weighted by atomic mass is 10.0. The molecule has 1 N–H and O–H groups in total. The first kappa shape index (κ1) is 11.9. The summed E-state index contributed by atoms with van der Waals surface area (Å²) in [5.74, 6) is -0.933. The molecule has 0 saturated heterocycles. The molecule has 2 aromatic heterocycles. The fraction of sp³-hybridized carbons (Fsp3) is 0.357. The van der Waals surface area contributed by atoms with Crippen molar-refractivity contribution in [1.29, 1.82) is 0 Å². The lowest BCUT2D eigenvalue weighted by Crippen LogP contribution is -2.12. The minimum Gasteiger partial charge on any atom is -0.478 e. The summed E-state index contributed by atoms with van der Waals surface area (Å²) in [5.41, 5.74) is 3.23. The third-order valence-corrected chi connectivity index (χ3v) is 3.55. The monoisotopic (exact) mass is 257 g/mol. The van der Waals surface area contributed by atoms with Gasteiger partial charge in [0, 0.05) is 11.9 Å². The third-order valence-electron chi connectivity index (χ3n) is 3.55. The number of nitrogens with zero attached hydrogens (tertiary/aromatic N) is 3. The van der Waals surface area contributed by atoms with E-state index in [0.29, 0.717) is 12.2 Å². The van der Waals surface area contributed by atoms with Crippen LogP contribution < -0.4 is 0 Å². The zero-order chi connectivity index (χ0) is 13.2. The van der Waals surface area contributed by atoms with Crippen LogP contribution in [0.2, 0.25) is 0 Å². The fourth-order valence-electron chi connectivity index (χ4n) is 2.59. The van der Waals surface area contributed by atoms with E-state index in [9.17, 15) is 4.79 Å². The number of pyridine rings is 1. The number of aryl methyl sites for hydroxylation is 1.